The number of carbonyl (C=O) groups is 2. The molecule has 0 aromatic rings. The third-order valence-electron chi connectivity index (χ3n) is 0.246. The molecule has 5 N–H and O–H groups in total. The summed E-state index contributed by atoms with van der Waals surface area (Å²) in [5.74, 6) is 0.750. The summed E-state index contributed by atoms with van der Waals surface area (Å²) in [5.41, 5.74) is 8.88. The average molecular weight is 143 g/mol. The molecule has 6 nitrogen and oxygen atoms in total. The lowest BCUT2D eigenvalue weighted by Gasteiger charge is -1.88. The fraction of sp³-hybridized carbons (Fsp3) is 0. The van der Waals surface area contributed by atoms with E-state index in [1.807, 2.05) is 0 Å². The maximum Gasteiger partial charge on any atom is 0.320 e. The molecule has 0 atom stereocenters. The van der Waals surface area contributed by atoms with Gasteiger partial charge in [0.25, 0.3) is 0 Å². The molecule has 0 aliphatic rings. The molecule has 0 unspecified atom stereocenters. The number of hydrogen-bond donors (Lipinski definition) is 3. The van der Waals surface area contributed by atoms with Gasteiger partial charge in [-0.15, -0.1) is 0 Å². The molecule has 0 rings (SSSR count). The molecule has 0 saturated heterocycles. The van der Waals surface area contributed by atoms with Gasteiger partial charge < -0.3 is 11.5 Å². The smallest absolute Gasteiger partial charge is 0.320 e. The first kappa shape index (κ1) is 11.0. The van der Waals surface area contributed by atoms with Gasteiger partial charge in [0.2, 0.25) is 0 Å². The number of hydrogen-bond acceptors (Lipinski definition) is 3. The van der Waals surface area contributed by atoms with Crippen molar-refractivity contribution >= 4 is 18.0 Å². The van der Waals surface area contributed by atoms with Crippen LogP contribution in [0.3, 0.4) is 0 Å². The molecular formula is C4H5N3O3. The summed E-state index contributed by atoms with van der Waals surface area (Å²) in [7, 11) is 0. The van der Waals surface area contributed by atoms with Crippen LogP contribution < -0.4 is 16.8 Å². The van der Waals surface area contributed by atoms with Crippen LogP contribution in [0.1, 0.15) is 0 Å². The highest BCUT2D eigenvalue weighted by Crippen LogP contribution is 1.51. The normalized spacial score (nSPS) is 6.00. The predicted molar refractivity (Wildman–Crippen MR) is 31.2 cm³/mol. The fourth-order valence-corrected chi connectivity index (χ4v) is 0.121. The number of primary amides is 2. The lowest BCUT2D eigenvalue weighted by atomic mass is 10.9. The van der Waals surface area contributed by atoms with E-state index in [0.717, 1.165) is 5.94 Å². The van der Waals surface area contributed by atoms with Crippen molar-refractivity contribution in [2.45, 2.75) is 0 Å². The van der Waals surface area contributed by atoms with Crippen LogP contribution in [0.2, 0.25) is 0 Å². The topological polar surface area (TPSA) is 115 Å². The number of rotatable bonds is 0. The highest BCUT2D eigenvalue weighted by atomic mass is 16.2. The minimum absolute atomic E-state index is 0.750. The van der Waals surface area contributed by atoms with Gasteiger partial charge in [-0.05, 0) is 0 Å². The van der Waals surface area contributed by atoms with Crippen molar-refractivity contribution in [2.75, 3.05) is 0 Å². The van der Waals surface area contributed by atoms with E-state index in [4.69, 9.17) is 11.4 Å². The Morgan fingerprint density at radius 1 is 1.30 bits per heavy atom. The van der Waals surface area contributed by atoms with Crippen LogP contribution in [0.15, 0.2) is 0 Å². The second-order valence-electron chi connectivity index (χ2n) is 0.956. The number of nitrogens with two attached hydrogens (primary N) is 2. The van der Waals surface area contributed by atoms with E-state index in [1.54, 1.807) is 5.32 Å². The van der Waals surface area contributed by atoms with E-state index in [1.165, 1.54) is 0 Å². The molecule has 0 fully saturated rings. The Hall–Kier alpha value is -1.81. The molecule has 4 amide bonds. The van der Waals surface area contributed by atoms with Gasteiger partial charge in [0.05, 0.1) is 6.58 Å². The maximum atomic E-state index is 9.62. The van der Waals surface area contributed by atoms with E-state index < -0.39 is 12.1 Å². The highest BCUT2D eigenvalue weighted by Gasteiger charge is 1.92. The minimum Gasteiger partial charge on any atom is -0.351 e. The number of carbonyl (C=O) groups excluding carboxylic acids is 3. The molecule has 54 valence electrons. The van der Waals surface area contributed by atoms with Crippen LogP contribution >= 0.6 is 0 Å². The number of urea groups is 2. The first-order valence-corrected chi connectivity index (χ1v) is 1.94. The first-order chi connectivity index (χ1) is 4.54. The van der Waals surface area contributed by atoms with E-state index in [0.29, 0.717) is 0 Å². The van der Waals surface area contributed by atoms with Gasteiger partial charge >= 0.3 is 12.1 Å². The summed E-state index contributed by atoms with van der Waals surface area (Å²) in [6.45, 7) is 5.40. The summed E-state index contributed by atoms with van der Waals surface area (Å²) in [4.78, 5) is 27.6. The second kappa shape index (κ2) is 7.19. The molecule has 0 aromatic heterocycles. The summed E-state index contributed by atoms with van der Waals surface area (Å²) in [6, 6.07) is -1.88. The first-order valence-electron chi connectivity index (χ1n) is 1.94. The third kappa shape index (κ3) is 34.8. The second-order valence-corrected chi connectivity index (χ2v) is 0.956. The van der Waals surface area contributed by atoms with Crippen molar-refractivity contribution < 1.29 is 14.4 Å². The Bertz CT molecular complexity index is 147. The quantitative estimate of drug-likeness (QED) is 0.355. The summed E-state index contributed by atoms with van der Waals surface area (Å²) in [6.07, 6.45) is 0. The zero-order chi connectivity index (χ0) is 8.57. The fourth-order valence-electron chi connectivity index (χ4n) is 0.121. The van der Waals surface area contributed by atoms with Crippen molar-refractivity contribution in [1.82, 2.24) is 5.32 Å². The number of amides is 4. The Morgan fingerprint density at radius 2 is 1.50 bits per heavy atom. The average Bonchev–Trinajstić information content (AvgIpc) is 1.62. The molecule has 10 heavy (non-hydrogen) atoms. The van der Waals surface area contributed by atoms with Crippen LogP contribution in [-0.2, 0) is 4.79 Å². The number of nitrogens with one attached hydrogen (secondary N) is 1. The van der Waals surface area contributed by atoms with E-state index in [2.05, 4.69) is 11.5 Å². The van der Waals surface area contributed by atoms with Gasteiger partial charge in [-0.25, -0.2) is 14.4 Å². The lowest BCUT2D eigenvalue weighted by molar-refractivity contribution is 0.236. The van der Waals surface area contributed by atoms with Gasteiger partial charge in [-0.3, -0.25) is 5.32 Å². The molecule has 0 saturated carbocycles. The largest absolute Gasteiger partial charge is 0.351 e. The van der Waals surface area contributed by atoms with Crippen LogP contribution in [0.4, 0.5) is 9.59 Å². The van der Waals surface area contributed by atoms with E-state index in [-0.39, 0.29) is 0 Å². The third-order valence-corrected chi connectivity index (χ3v) is 0.246. The molecule has 0 aromatic carbocycles. The Kier molecular flexibility index (Phi) is 7.94. The molecular weight excluding hydrogens is 138 g/mol. The monoisotopic (exact) mass is 143 g/mol. The standard InChI is InChI=1S/C2H5N3O2.C2O/c3-1(6)5-2(4)7;1-2-3/h(H5,3,4,5,6,7);. The van der Waals surface area contributed by atoms with Crippen molar-refractivity contribution in [2.24, 2.45) is 11.5 Å². The summed E-state index contributed by atoms with van der Waals surface area (Å²) >= 11 is 0. The van der Waals surface area contributed by atoms with Gasteiger partial charge in [-0.1, -0.05) is 0 Å². The highest BCUT2D eigenvalue weighted by molar-refractivity contribution is 5.91. The molecule has 0 bridgehead atoms. The zero-order valence-corrected chi connectivity index (χ0v) is 4.88. The lowest BCUT2D eigenvalue weighted by Crippen LogP contribution is -2.38. The van der Waals surface area contributed by atoms with E-state index in [9.17, 15) is 9.59 Å². The predicted octanol–water partition coefficient (Wildman–Crippen LogP) is -1.58. The van der Waals surface area contributed by atoms with Crippen LogP contribution in [-0.4, -0.2) is 18.0 Å². The Labute approximate surface area is 56.9 Å². The molecule has 0 spiro atoms. The van der Waals surface area contributed by atoms with Gasteiger partial charge in [0.15, 0.2) is 0 Å². The van der Waals surface area contributed by atoms with Crippen molar-refractivity contribution in [3.63, 3.8) is 0 Å². The summed E-state index contributed by atoms with van der Waals surface area (Å²) < 4.78 is 0. The molecule has 0 heterocycles. The van der Waals surface area contributed by atoms with Gasteiger partial charge in [0, 0.05) is 0 Å². The Balaban J connectivity index is 0. The van der Waals surface area contributed by atoms with Crippen LogP contribution in [0.5, 0.6) is 0 Å². The van der Waals surface area contributed by atoms with Gasteiger partial charge in [-0.2, -0.15) is 0 Å². The van der Waals surface area contributed by atoms with Gasteiger partial charge in [0.1, 0.15) is 5.94 Å². The zero-order valence-electron chi connectivity index (χ0n) is 4.88. The van der Waals surface area contributed by atoms with Crippen LogP contribution in [0.25, 0.3) is 0 Å². The SMILES string of the molecule is NC(=O)NC(N)=O.[C]=C=O. The van der Waals surface area contributed by atoms with E-state index >= 15 is 0 Å². The molecule has 2 radical (unpaired) electrons. The Morgan fingerprint density at radius 3 is 1.50 bits per heavy atom. The number of imide groups is 1. The maximum absolute atomic E-state index is 9.62. The van der Waals surface area contributed by atoms with Crippen LogP contribution in [0, 0.1) is 6.58 Å². The van der Waals surface area contributed by atoms with Crippen molar-refractivity contribution in [3.05, 3.63) is 6.58 Å². The summed E-state index contributed by atoms with van der Waals surface area (Å²) in [5, 5.41) is 1.58. The molecule has 6 heteroatoms. The molecule has 0 aliphatic carbocycles. The van der Waals surface area contributed by atoms with Crippen molar-refractivity contribution in [1.29, 1.82) is 0 Å². The van der Waals surface area contributed by atoms with Crippen molar-refractivity contribution in [3.8, 4) is 0 Å². The minimum atomic E-state index is -0.938. The molecule has 0 aliphatic heterocycles.